The lowest BCUT2D eigenvalue weighted by atomic mass is 9.98. The van der Waals surface area contributed by atoms with E-state index in [9.17, 15) is 4.39 Å². The van der Waals surface area contributed by atoms with Gasteiger partial charge in [-0.2, -0.15) is 0 Å². The number of benzene rings is 1. The largest absolute Gasteiger partial charge is 0.310 e. The molecule has 0 bridgehead atoms. The molecule has 1 unspecified atom stereocenters. The van der Waals surface area contributed by atoms with Crippen molar-refractivity contribution in [3.8, 4) is 0 Å². The van der Waals surface area contributed by atoms with Crippen LogP contribution in [0, 0.1) is 12.7 Å². The fraction of sp³-hybridized carbons (Fsp3) is 0.467. The average molecular weight is 235 g/mol. The zero-order valence-electron chi connectivity index (χ0n) is 11.0. The number of allylic oxidation sites excluding steroid dienone is 1. The molecule has 0 aliphatic rings. The number of aryl methyl sites for hydroxylation is 1. The number of rotatable bonds is 6. The Morgan fingerprint density at radius 2 is 2.12 bits per heavy atom. The van der Waals surface area contributed by atoms with Gasteiger partial charge in [0.25, 0.3) is 0 Å². The molecule has 1 N–H and O–H groups in total. The lowest BCUT2D eigenvalue weighted by Gasteiger charge is -2.19. The van der Waals surface area contributed by atoms with Crippen molar-refractivity contribution in [2.45, 2.75) is 39.7 Å². The smallest absolute Gasteiger partial charge is 0.123 e. The summed E-state index contributed by atoms with van der Waals surface area (Å²) in [5.74, 6) is -0.154. The van der Waals surface area contributed by atoms with Crippen LogP contribution in [-0.2, 0) is 0 Å². The standard InChI is InChI=1S/C15H22FN/c1-5-17-15(7-6-11(2)3)13-8-12(4)9-14(16)10-13/h8-10,15,17H,2,5-7H2,1,3-4H3. The highest BCUT2D eigenvalue weighted by molar-refractivity contribution is 5.26. The van der Waals surface area contributed by atoms with Gasteiger partial charge in [0.1, 0.15) is 5.82 Å². The third-order valence-corrected chi connectivity index (χ3v) is 2.78. The quantitative estimate of drug-likeness (QED) is 0.731. The van der Waals surface area contributed by atoms with Crippen LogP contribution < -0.4 is 5.32 Å². The van der Waals surface area contributed by atoms with Crippen LogP contribution in [0.1, 0.15) is 43.9 Å². The van der Waals surface area contributed by atoms with Crippen molar-refractivity contribution >= 4 is 0 Å². The summed E-state index contributed by atoms with van der Waals surface area (Å²) in [7, 11) is 0. The predicted octanol–water partition coefficient (Wildman–Crippen LogP) is 4.14. The molecule has 0 amide bonds. The van der Waals surface area contributed by atoms with Crippen molar-refractivity contribution in [3.63, 3.8) is 0 Å². The van der Waals surface area contributed by atoms with E-state index >= 15 is 0 Å². The van der Waals surface area contributed by atoms with E-state index in [1.807, 2.05) is 13.8 Å². The lowest BCUT2D eigenvalue weighted by Crippen LogP contribution is -2.21. The predicted molar refractivity (Wildman–Crippen MR) is 71.6 cm³/mol. The molecule has 94 valence electrons. The molecule has 0 radical (unpaired) electrons. The minimum absolute atomic E-state index is 0.154. The molecule has 0 saturated carbocycles. The van der Waals surface area contributed by atoms with Crippen molar-refractivity contribution in [2.24, 2.45) is 0 Å². The Kier molecular flexibility index (Phi) is 5.36. The van der Waals surface area contributed by atoms with Gasteiger partial charge in [-0.05, 0) is 56.5 Å². The molecule has 1 rings (SSSR count). The molecule has 2 heteroatoms. The van der Waals surface area contributed by atoms with Gasteiger partial charge in [0, 0.05) is 6.04 Å². The van der Waals surface area contributed by atoms with Crippen LogP contribution in [0.3, 0.4) is 0 Å². The second-order valence-corrected chi connectivity index (χ2v) is 4.67. The topological polar surface area (TPSA) is 12.0 Å². The van der Waals surface area contributed by atoms with E-state index in [2.05, 4.69) is 24.9 Å². The highest BCUT2D eigenvalue weighted by Gasteiger charge is 2.11. The summed E-state index contributed by atoms with van der Waals surface area (Å²) >= 11 is 0. The summed E-state index contributed by atoms with van der Waals surface area (Å²) in [6.07, 6.45) is 1.93. The fourth-order valence-corrected chi connectivity index (χ4v) is 1.99. The van der Waals surface area contributed by atoms with Gasteiger partial charge < -0.3 is 5.32 Å². The van der Waals surface area contributed by atoms with Crippen LogP contribution in [0.2, 0.25) is 0 Å². The Balaban J connectivity index is 2.84. The highest BCUT2D eigenvalue weighted by Crippen LogP contribution is 2.22. The second-order valence-electron chi connectivity index (χ2n) is 4.67. The molecule has 0 heterocycles. The maximum absolute atomic E-state index is 13.4. The Bertz CT molecular complexity index is 364. The zero-order chi connectivity index (χ0) is 12.8. The van der Waals surface area contributed by atoms with Gasteiger partial charge in [-0.15, -0.1) is 6.58 Å². The zero-order valence-corrected chi connectivity index (χ0v) is 11.0. The number of hydrogen-bond donors (Lipinski definition) is 1. The molecule has 0 aliphatic carbocycles. The van der Waals surface area contributed by atoms with Crippen LogP contribution in [0.4, 0.5) is 4.39 Å². The Morgan fingerprint density at radius 3 is 2.65 bits per heavy atom. The Morgan fingerprint density at radius 1 is 1.41 bits per heavy atom. The summed E-state index contributed by atoms with van der Waals surface area (Å²) in [5, 5.41) is 3.40. The SMILES string of the molecule is C=C(C)CCC(NCC)c1cc(C)cc(F)c1. The van der Waals surface area contributed by atoms with Crippen LogP contribution in [0.25, 0.3) is 0 Å². The van der Waals surface area contributed by atoms with E-state index in [0.29, 0.717) is 0 Å². The first-order valence-corrected chi connectivity index (χ1v) is 6.17. The van der Waals surface area contributed by atoms with Crippen molar-refractivity contribution in [1.29, 1.82) is 0 Å². The third kappa shape index (κ3) is 4.70. The van der Waals surface area contributed by atoms with Gasteiger partial charge in [-0.3, -0.25) is 0 Å². The van der Waals surface area contributed by atoms with E-state index in [4.69, 9.17) is 0 Å². The Labute approximate surface area is 104 Å². The number of nitrogens with one attached hydrogen (secondary N) is 1. The summed E-state index contributed by atoms with van der Waals surface area (Å²) in [6, 6.07) is 5.45. The first-order valence-electron chi connectivity index (χ1n) is 6.17. The molecule has 1 atom stereocenters. The first kappa shape index (κ1) is 13.9. The number of hydrogen-bond acceptors (Lipinski definition) is 1. The molecule has 0 saturated heterocycles. The van der Waals surface area contributed by atoms with E-state index < -0.39 is 0 Å². The van der Waals surface area contributed by atoms with E-state index in [0.717, 1.165) is 30.5 Å². The van der Waals surface area contributed by atoms with Gasteiger partial charge in [-0.1, -0.05) is 18.6 Å². The van der Waals surface area contributed by atoms with Gasteiger partial charge in [0.15, 0.2) is 0 Å². The Hall–Kier alpha value is -1.15. The van der Waals surface area contributed by atoms with Crippen molar-refractivity contribution < 1.29 is 4.39 Å². The lowest BCUT2D eigenvalue weighted by molar-refractivity contribution is 0.510. The monoisotopic (exact) mass is 235 g/mol. The van der Waals surface area contributed by atoms with Gasteiger partial charge in [-0.25, -0.2) is 4.39 Å². The normalized spacial score (nSPS) is 12.5. The average Bonchev–Trinajstić information content (AvgIpc) is 2.22. The van der Waals surface area contributed by atoms with Crippen molar-refractivity contribution in [2.75, 3.05) is 6.54 Å². The molecule has 0 fully saturated rings. The summed E-state index contributed by atoms with van der Waals surface area (Å²) in [6.45, 7) is 10.8. The highest BCUT2D eigenvalue weighted by atomic mass is 19.1. The van der Waals surface area contributed by atoms with Crippen molar-refractivity contribution in [3.05, 3.63) is 47.3 Å². The van der Waals surface area contributed by atoms with Crippen LogP contribution in [-0.4, -0.2) is 6.54 Å². The van der Waals surface area contributed by atoms with Crippen molar-refractivity contribution in [1.82, 2.24) is 5.32 Å². The molecule has 0 spiro atoms. The summed E-state index contributed by atoms with van der Waals surface area (Å²) in [4.78, 5) is 0. The van der Waals surface area contributed by atoms with Crippen LogP contribution >= 0.6 is 0 Å². The minimum atomic E-state index is -0.154. The molecule has 1 aromatic rings. The van der Waals surface area contributed by atoms with Crippen LogP contribution in [0.5, 0.6) is 0 Å². The molecular formula is C15H22FN. The summed E-state index contributed by atoms with van der Waals surface area (Å²) in [5.41, 5.74) is 3.17. The molecule has 1 aromatic carbocycles. The van der Waals surface area contributed by atoms with Crippen LogP contribution in [0.15, 0.2) is 30.4 Å². The first-order chi connectivity index (χ1) is 8.02. The van der Waals surface area contributed by atoms with Gasteiger partial charge in [0.05, 0.1) is 0 Å². The molecular weight excluding hydrogens is 213 g/mol. The maximum atomic E-state index is 13.4. The molecule has 1 nitrogen and oxygen atoms in total. The maximum Gasteiger partial charge on any atom is 0.123 e. The van der Waals surface area contributed by atoms with E-state index in [1.165, 1.54) is 5.57 Å². The van der Waals surface area contributed by atoms with Gasteiger partial charge in [0.2, 0.25) is 0 Å². The summed E-state index contributed by atoms with van der Waals surface area (Å²) < 4.78 is 13.4. The van der Waals surface area contributed by atoms with E-state index in [1.54, 1.807) is 12.1 Å². The fourth-order valence-electron chi connectivity index (χ4n) is 1.99. The third-order valence-electron chi connectivity index (χ3n) is 2.78. The van der Waals surface area contributed by atoms with Gasteiger partial charge >= 0.3 is 0 Å². The molecule has 0 aromatic heterocycles. The minimum Gasteiger partial charge on any atom is -0.310 e. The molecule has 0 aliphatic heterocycles. The second kappa shape index (κ2) is 6.55. The van der Waals surface area contributed by atoms with E-state index in [-0.39, 0.29) is 11.9 Å². The number of halogens is 1. The molecule has 17 heavy (non-hydrogen) atoms.